The van der Waals surface area contributed by atoms with Crippen molar-refractivity contribution in [1.82, 2.24) is 0 Å². The molecule has 0 amide bonds. The summed E-state index contributed by atoms with van der Waals surface area (Å²) in [5.74, 6) is 0.550. The van der Waals surface area contributed by atoms with Gasteiger partial charge in [-0.15, -0.1) is 0 Å². The Bertz CT molecular complexity index is 1630. The molecule has 44 heavy (non-hydrogen) atoms. The van der Waals surface area contributed by atoms with Gasteiger partial charge >= 0.3 is 0 Å². The van der Waals surface area contributed by atoms with Crippen molar-refractivity contribution in [2.75, 3.05) is 0 Å². The number of nitrogens with zero attached hydrogens (tertiary/aromatic N) is 2. The minimum absolute atomic E-state index is 0.209. The molecule has 0 radical (unpaired) electrons. The first kappa shape index (κ1) is 33.4. The lowest BCUT2D eigenvalue weighted by Crippen LogP contribution is -2.38. The Morgan fingerprint density at radius 3 is 1.18 bits per heavy atom. The SMILES string of the molecule is CC(C)(C)c1cc([Si](C)(C)C)cc(C=Nc2cc3ccccc3cc2N=Cc2cc([Si](C)(C)C)cc(C(C)(C)C)c2O)c1O. The Balaban J connectivity index is 1.90. The number of hydrogen-bond donors (Lipinski definition) is 2. The molecule has 2 N–H and O–H groups in total. The zero-order valence-electron chi connectivity index (χ0n) is 28.7. The fourth-order valence-electron chi connectivity index (χ4n) is 5.22. The number of aromatic hydroxyl groups is 2. The van der Waals surface area contributed by atoms with E-state index in [0.717, 1.165) is 21.9 Å². The zero-order valence-corrected chi connectivity index (χ0v) is 30.7. The number of hydrogen-bond acceptors (Lipinski definition) is 4. The molecule has 0 spiro atoms. The minimum Gasteiger partial charge on any atom is -0.507 e. The van der Waals surface area contributed by atoms with Crippen molar-refractivity contribution in [2.24, 2.45) is 9.98 Å². The second-order valence-corrected chi connectivity index (χ2v) is 26.3. The maximum absolute atomic E-state index is 11.4. The molecule has 0 unspecified atom stereocenters. The van der Waals surface area contributed by atoms with Crippen LogP contribution in [0.5, 0.6) is 11.5 Å². The number of aliphatic imine (C=N–C) groups is 2. The lowest BCUT2D eigenvalue weighted by Gasteiger charge is -2.26. The molecule has 0 heterocycles. The standard InChI is InChI=1S/C38H50N2O2Si2/c1-37(2,3)31-21-29(43(7,8)9)17-27(35(31)41)23-39-33-19-25-15-13-14-16-26(25)20-34(33)40-24-28-18-30(44(10,11)12)22-32(36(28)42)38(4,5)6/h13-24,41-42H,1-12H3. The van der Waals surface area contributed by atoms with Gasteiger partial charge in [0.15, 0.2) is 0 Å². The third-order valence-corrected chi connectivity index (χ3v) is 12.2. The van der Waals surface area contributed by atoms with Crippen molar-refractivity contribution in [1.29, 1.82) is 0 Å². The van der Waals surface area contributed by atoms with Gasteiger partial charge < -0.3 is 10.2 Å². The summed E-state index contributed by atoms with van der Waals surface area (Å²) in [5.41, 5.74) is 4.28. The topological polar surface area (TPSA) is 65.2 Å². The molecule has 0 aliphatic rings. The van der Waals surface area contributed by atoms with E-state index in [1.54, 1.807) is 12.4 Å². The third kappa shape index (κ3) is 7.41. The maximum atomic E-state index is 11.4. The van der Waals surface area contributed by atoms with Crippen LogP contribution in [0.3, 0.4) is 0 Å². The normalized spacial score (nSPS) is 13.5. The van der Waals surface area contributed by atoms with E-state index in [1.807, 2.05) is 24.3 Å². The molecule has 4 nitrogen and oxygen atoms in total. The zero-order chi connectivity index (χ0) is 32.8. The van der Waals surface area contributed by atoms with Gasteiger partial charge in [-0.2, -0.15) is 0 Å². The van der Waals surface area contributed by atoms with Crippen LogP contribution in [0.25, 0.3) is 10.8 Å². The van der Waals surface area contributed by atoms with E-state index in [2.05, 4.69) is 117 Å². The first-order valence-corrected chi connectivity index (χ1v) is 22.5. The van der Waals surface area contributed by atoms with Crippen molar-refractivity contribution in [2.45, 2.75) is 91.7 Å². The second kappa shape index (κ2) is 11.8. The van der Waals surface area contributed by atoms with Gasteiger partial charge in [0.25, 0.3) is 0 Å². The summed E-state index contributed by atoms with van der Waals surface area (Å²) in [6, 6.07) is 20.8. The molecule has 0 aliphatic carbocycles. The van der Waals surface area contributed by atoms with E-state index >= 15 is 0 Å². The molecule has 0 aliphatic heterocycles. The molecule has 0 saturated carbocycles. The van der Waals surface area contributed by atoms with E-state index in [4.69, 9.17) is 9.98 Å². The first-order chi connectivity index (χ1) is 20.2. The molecule has 4 rings (SSSR count). The summed E-state index contributed by atoms with van der Waals surface area (Å²) in [5, 5.41) is 27.4. The summed E-state index contributed by atoms with van der Waals surface area (Å²) in [6.07, 6.45) is 3.55. The average molecular weight is 623 g/mol. The molecule has 0 aromatic heterocycles. The summed E-state index contributed by atoms with van der Waals surface area (Å²) >= 11 is 0. The van der Waals surface area contributed by atoms with E-state index in [1.165, 1.54) is 10.4 Å². The van der Waals surface area contributed by atoms with Gasteiger partial charge in [0.05, 0.1) is 27.5 Å². The quantitative estimate of drug-likeness (QED) is 0.166. The maximum Gasteiger partial charge on any atom is 0.128 e. The Hall–Kier alpha value is -3.49. The van der Waals surface area contributed by atoms with Gasteiger partial charge in [-0.25, -0.2) is 0 Å². The van der Waals surface area contributed by atoms with Crippen LogP contribution in [0.1, 0.15) is 63.8 Å². The molecule has 6 heteroatoms. The Morgan fingerprint density at radius 2 is 0.886 bits per heavy atom. The lowest BCUT2D eigenvalue weighted by molar-refractivity contribution is 0.445. The van der Waals surface area contributed by atoms with Crippen LogP contribution in [0.2, 0.25) is 39.3 Å². The molecule has 0 fully saturated rings. The number of phenolic OH excluding ortho intramolecular Hbond substituents is 2. The highest BCUT2D eigenvalue weighted by atomic mass is 28.3. The summed E-state index contributed by atoms with van der Waals surface area (Å²) in [6.45, 7) is 26.7. The fourth-order valence-corrected chi connectivity index (χ4v) is 7.55. The second-order valence-electron chi connectivity index (χ2n) is 16.1. The molecule has 4 aromatic carbocycles. The molecule has 232 valence electrons. The number of benzene rings is 4. The van der Waals surface area contributed by atoms with Crippen LogP contribution in [0.4, 0.5) is 11.4 Å². The van der Waals surface area contributed by atoms with Crippen LogP contribution in [-0.4, -0.2) is 38.8 Å². The van der Waals surface area contributed by atoms with Crippen molar-refractivity contribution in [3.63, 3.8) is 0 Å². The van der Waals surface area contributed by atoms with Crippen molar-refractivity contribution in [3.05, 3.63) is 82.9 Å². The van der Waals surface area contributed by atoms with E-state index in [0.29, 0.717) is 22.5 Å². The van der Waals surface area contributed by atoms with E-state index in [-0.39, 0.29) is 22.3 Å². The van der Waals surface area contributed by atoms with Crippen molar-refractivity contribution < 1.29 is 10.2 Å². The van der Waals surface area contributed by atoms with Crippen LogP contribution in [0.15, 0.2) is 70.6 Å². The van der Waals surface area contributed by atoms with Gasteiger partial charge in [0.2, 0.25) is 0 Å². The molecular formula is C38H50N2O2Si2. The fraction of sp³-hybridized carbons (Fsp3) is 0.368. The summed E-state index contributed by atoms with van der Waals surface area (Å²) < 4.78 is 0. The van der Waals surface area contributed by atoms with Crippen LogP contribution in [-0.2, 0) is 10.8 Å². The van der Waals surface area contributed by atoms with E-state index in [9.17, 15) is 10.2 Å². The van der Waals surface area contributed by atoms with Crippen molar-refractivity contribution in [3.8, 4) is 11.5 Å². The first-order valence-electron chi connectivity index (χ1n) is 15.5. The monoisotopic (exact) mass is 622 g/mol. The van der Waals surface area contributed by atoms with Gasteiger partial charge in [-0.3, -0.25) is 9.98 Å². The molecule has 0 bridgehead atoms. The van der Waals surface area contributed by atoms with Crippen LogP contribution in [0, 0.1) is 0 Å². The van der Waals surface area contributed by atoms with Gasteiger partial charge in [0.1, 0.15) is 11.5 Å². The number of rotatable bonds is 6. The average Bonchev–Trinajstić information content (AvgIpc) is 2.89. The summed E-state index contributed by atoms with van der Waals surface area (Å²) in [4.78, 5) is 9.89. The van der Waals surface area contributed by atoms with E-state index < -0.39 is 16.1 Å². The third-order valence-electron chi connectivity index (χ3n) is 8.16. The highest BCUT2D eigenvalue weighted by Gasteiger charge is 2.27. The van der Waals surface area contributed by atoms with Gasteiger partial charge in [-0.05, 0) is 44.9 Å². The molecule has 0 saturated heterocycles. The Labute approximate surface area is 266 Å². The van der Waals surface area contributed by atoms with Gasteiger partial charge in [0, 0.05) is 23.6 Å². The molecule has 0 atom stereocenters. The Kier molecular flexibility index (Phi) is 8.95. The predicted octanol–water partition coefficient (Wildman–Crippen LogP) is 9.44. The minimum atomic E-state index is -1.66. The Morgan fingerprint density at radius 1 is 0.545 bits per heavy atom. The van der Waals surface area contributed by atoms with Gasteiger partial charge in [-0.1, -0.05) is 140 Å². The molecular weight excluding hydrogens is 573 g/mol. The lowest BCUT2D eigenvalue weighted by atomic mass is 9.85. The summed E-state index contributed by atoms with van der Waals surface area (Å²) in [7, 11) is -3.33. The predicted molar refractivity (Wildman–Crippen MR) is 198 cm³/mol. The van der Waals surface area contributed by atoms with Crippen molar-refractivity contribution >= 4 is 61.1 Å². The molecule has 4 aromatic rings. The highest BCUT2D eigenvalue weighted by Crippen LogP contribution is 2.37. The smallest absolute Gasteiger partial charge is 0.128 e. The van der Waals surface area contributed by atoms with Crippen LogP contribution >= 0.6 is 0 Å². The number of phenols is 2. The number of fused-ring (bicyclic) bond motifs is 1. The highest BCUT2D eigenvalue weighted by molar-refractivity contribution is 6.89. The van der Waals surface area contributed by atoms with Crippen LogP contribution < -0.4 is 10.4 Å². The largest absolute Gasteiger partial charge is 0.507 e.